The van der Waals surface area contributed by atoms with Gasteiger partial charge in [0.2, 0.25) is 5.91 Å². The van der Waals surface area contributed by atoms with E-state index >= 15 is 0 Å². The fraction of sp³-hybridized carbons (Fsp3) is 0.350. The van der Waals surface area contributed by atoms with E-state index in [0.29, 0.717) is 42.3 Å². The van der Waals surface area contributed by atoms with Gasteiger partial charge < -0.3 is 15.0 Å². The van der Waals surface area contributed by atoms with Crippen LogP contribution in [0.1, 0.15) is 27.2 Å². The smallest absolute Gasteiger partial charge is 0.264 e. The fourth-order valence-corrected chi connectivity index (χ4v) is 4.13. The number of carbonyl (C=O) groups is 1. The molecule has 0 spiro atoms. The highest BCUT2D eigenvalue weighted by atomic mass is 32.2. The number of para-hydroxylation sites is 2. The maximum Gasteiger partial charge on any atom is 0.264 e. The first-order chi connectivity index (χ1) is 13.4. The van der Waals surface area contributed by atoms with Gasteiger partial charge in [-0.05, 0) is 44.2 Å². The number of nitrogens with one attached hydrogen (secondary N) is 2. The summed E-state index contributed by atoms with van der Waals surface area (Å²) in [5, 5.41) is 2.72. The van der Waals surface area contributed by atoms with Crippen molar-refractivity contribution in [2.75, 3.05) is 35.1 Å². The third-order valence-corrected chi connectivity index (χ3v) is 5.70. The predicted molar refractivity (Wildman–Crippen MR) is 113 cm³/mol. The molecule has 0 fully saturated rings. The van der Waals surface area contributed by atoms with E-state index in [4.69, 9.17) is 4.74 Å². The number of rotatable bonds is 9. The lowest BCUT2D eigenvalue weighted by Crippen LogP contribution is -2.26. The van der Waals surface area contributed by atoms with Crippen LogP contribution < -0.4 is 19.7 Å². The van der Waals surface area contributed by atoms with Crippen LogP contribution in [0.5, 0.6) is 5.75 Å². The summed E-state index contributed by atoms with van der Waals surface area (Å²) in [7, 11) is -2.45. The number of amides is 1. The van der Waals surface area contributed by atoms with Crippen LogP contribution in [-0.4, -0.2) is 34.5 Å². The molecule has 0 radical (unpaired) electrons. The molecule has 0 aliphatic heterocycles. The third-order valence-electron chi connectivity index (χ3n) is 4.31. The van der Waals surface area contributed by atoms with Crippen molar-refractivity contribution >= 4 is 33.0 Å². The summed E-state index contributed by atoms with van der Waals surface area (Å²) in [4.78, 5) is 13.8. The van der Waals surface area contributed by atoms with Crippen LogP contribution in [0.2, 0.25) is 0 Å². The van der Waals surface area contributed by atoms with Crippen LogP contribution in [0.25, 0.3) is 0 Å². The summed E-state index contributed by atoms with van der Waals surface area (Å²) in [5.74, 6) is 0.238. The Morgan fingerprint density at radius 1 is 1.07 bits per heavy atom. The van der Waals surface area contributed by atoms with Crippen LogP contribution in [-0.2, 0) is 14.8 Å². The SMILES string of the molecule is CCC(=O)Nc1ccc(N(CC)CC)c(S(=O)(=O)Nc2ccccc2OC)c1. The van der Waals surface area contributed by atoms with E-state index in [0.717, 1.165) is 0 Å². The second kappa shape index (κ2) is 9.45. The summed E-state index contributed by atoms with van der Waals surface area (Å²) >= 11 is 0. The van der Waals surface area contributed by atoms with Crippen molar-refractivity contribution in [2.24, 2.45) is 0 Å². The molecule has 2 N–H and O–H groups in total. The molecule has 1 amide bonds. The van der Waals surface area contributed by atoms with Crippen molar-refractivity contribution in [3.63, 3.8) is 0 Å². The molecule has 0 aromatic heterocycles. The lowest BCUT2D eigenvalue weighted by atomic mass is 10.2. The Labute approximate surface area is 166 Å². The van der Waals surface area contributed by atoms with E-state index in [-0.39, 0.29) is 10.8 Å². The molecule has 28 heavy (non-hydrogen) atoms. The number of anilines is 3. The highest BCUT2D eigenvalue weighted by molar-refractivity contribution is 7.93. The second-order valence-corrected chi connectivity index (χ2v) is 7.71. The number of nitrogens with zero attached hydrogens (tertiary/aromatic N) is 1. The van der Waals surface area contributed by atoms with E-state index < -0.39 is 10.0 Å². The first-order valence-electron chi connectivity index (χ1n) is 9.20. The standard InChI is InChI=1S/C20H27N3O4S/c1-5-20(24)21-15-12-13-17(23(6-2)7-3)19(14-15)28(25,26)22-16-10-8-9-11-18(16)27-4/h8-14,22H,5-7H2,1-4H3,(H,21,24). The highest BCUT2D eigenvalue weighted by Gasteiger charge is 2.23. The van der Waals surface area contributed by atoms with E-state index in [2.05, 4.69) is 10.0 Å². The normalized spacial score (nSPS) is 11.0. The number of benzene rings is 2. The Hall–Kier alpha value is -2.74. The van der Waals surface area contributed by atoms with Crippen molar-refractivity contribution in [1.29, 1.82) is 0 Å². The van der Waals surface area contributed by atoms with Crippen molar-refractivity contribution in [3.05, 3.63) is 42.5 Å². The molecule has 0 saturated heterocycles. The Morgan fingerprint density at radius 2 is 1.75 bits per heavy atom. The first kappa shape index (κ1) is 21.6. The van der Waals surface area contributed by atoms with Gasteiger partial charge in [0.05, 0.1) is 18.5 Å². The molecule has 0 atom stereocenters. The van der Waals surface area contributed by atoms with Gasteiger partial charge in [0.15, 0.2) is 0 Å². The third kappa shape index (κ3) is 4.95. The zero-order valence-corrected chi connectivity index (χ0v) is 17.5. The summed E-state index contributed by atoms with van der Waals surface area (Å²) in [5.41, 5.74) is 1.35. The van der Waals surface area contributed by atoms with Crippen LogP contribution in [0.15, 0.2) is 47.4 Å². The quantitative estimate of drug-likeness (QED) is 0.664. The zero-order chi connectivity index (χ0) is 20.7. The number of methoxy groups -OCH3 is 1. The molecule has 2 rings (SSSR count). The van der Waals surface area contributed by atoms with Gasteiger partial charge in [-0.15, -0.1) is 0 Å². The molecular weight excluding hydrogens is 378 g/mol. The molecule has 0 unspecified atom stereocenters. The van der Waals surface area contributed by atoms with Gasteiger partial charge in [0.25, 0.3) is 10.0 Å². The van der Waals surface area contributed by atoms with Gasteiger partial charge in [-0.2, -0.15) is 0 Å². The summed E-state index contributed by atoms with van der Waals surface area (Å²) in [6, 6.07) is 11.7. The minimum Gasteiger partial charge on any atom is -0.495 e. The maximum absolute atomic E-state index is 13.2. The fourth-order valence-electron chi connectivity index (χ4n) is 2.81. The lowest BCUT2D eigenvalue weighted by molar-refractivity contribution is -0.115. The van der Waals surface area contributed by atoms with E-state index in [1.165, 1.54) is 13.2 Å². The van der Waals surface area contributed by atoms with Crippen LogP contribution in [0.3, 0.4) is 0 Å². The number of carbonyl (C=O) groups excluding carboxylic acids is 1. The molecule has 2 aromatic rings. The number of hydrogen-bond donors (Lipinski definition) is 2. The molecule has 0 bridgehead atoms. The molecular formula is C20H27N3O4S. The van der Waals surface area contributed by atoms with E-state index in [9.17, 15) is 13.2 Å². The summed E-state index contributed by atoms with van der Waals surface area (Å²) in [6.07, 6.45) is 0.305. The molecule has 0 saturated carbocycles. The van der Waals surface area contributed by atoms with Crippen LogP contribution in [0.4, 0.5) is 17.1 Å². The van der Waals surface area contributed by atoms with Crippen molar-refractivity contribution in [3.8, 4) is 5.75 Å². The summed E-state index contributed by atoms with van der Waals surface area (Å²) in [6.45, 7) is 6.95. The van der Waals surface area contributed by atoms with Crippen LogP contribution >= 0.6 is 0 Å². The molecule has 0 aliphatic rings. The van der Waals surface area contributed by atoms with E-state index in [1.54, 1.807) is 43.3 Å². The second-order valence-electron chi connectivity index (χ2n) is 6.06. The molecule has 7 nitrogen and oxygen atoms in total. The van der Waals surface area contributed by atoms with Crippen molar-refractivity contribution < 1.29 is 17.9 Å². The number of ether oxygens (including phenoxy) is 1. The van der Waals surface area contributed by atoms with Crippen LogP contribution in [0, 0.1) is 0 Å². The van der Waals surface area contributed by atoms with Gasteiger partial charge in [-0.25, -0.2) is 8.42 Å². The monoisotopic (exact) mass is 405 g/mol. The minimum atomic E-state index is -3.93. The Kier molecular flexibility index (Phi) is 7.28. The minimum absolute atomic E-state index is 0.0935. The maximum atomic E-state index is 13.2. The highest BCUT2D eigenvalue weighted by Crippen LogP contribution is 2.32. The first-order valence-corrected chi connectivity index (χ1v) is 10.7. The van der Waals surface area contributed by atoms with E-state index in [1.807, 2.05) is 18.7 Å². The van der Waals surface area contributed by atoms with Gasteiger partial charge in [-0.1, -0.05) is 19.1 Å². The summed E-state index contributed by atoms with van der Waals surface area (Å²) < 4.78 is 34.3. The number of sulfonamides is 1. The lowest BCUT2D eigenvalue weighted by Gasteiger charge is -2.25. The Bertz CT molecular complexity index is 925. The predicted octanol–water partition coefficient (Wildman–Crippen LogP) is 3.69. The largest absolute Gasteiger partial charge is 0.495 e. The van der Waals surface area contributed by atoms with Crippen molar-refractivity contribution in [2.45, 2.75) is 32.1 Å². The van der Waals surface area contributed by atoms with Gasteiger partial charge in [-0.3, -0.25) is 9.52 Å². The molecule has 2 aromatic carbocycles. The van der Waals surface area contributed by atoms with Crippen molar-refractivity contribution in [1.82, 2.24) is 0 Å². The molecule has 8 heteroatoms. The number of hydrogen-bond acceptors (Lipinski definition) is 5. The van der Waals surface area contributed by atoms with Gasteiger partial charge in [0, 0.05) is 25.2 Å². The average molecular weight is 406 g/mol. The Balaban J connectivity index is 2.54. The average Bonchev–Trinajstić information content (AvgIpc) is 2.69. The topological polar surface area (TPSA) is 87.7 Å². The van der Waals surface area contributed by atoms with Gasteiger partial charge >= 0.3 is 0 Å². The van der Waals surface area contributed by atoms with Gasteiger partial charge in [0.1, 0.15) is 10.6 Å². The molecule has 0 aliphatic carbocycles. The Morgan fingerprint density at radius 3 is 2.36 bits per heavy atom. The molecule has 0 heterocycles. The zero-order valence-electron chi connectivity index (χ0n) is 16.7. The molecule has 152 valence electrons.